The summed E-state index contributed by atoms with van der Waals surface area (Å²) in [6.45, 7) is 2.46. The average molecular weight is 258 g/mol. The van der Waals surface area contributed by atoms with Crippen molar-refractivity contribution in [2.75, 3.05) is 6.54 Å². The molecule has 0 spiro atoms. The van der Waals surface area contributed by atoms with Gasteiger partial charge in [0.2, 0.25) is 5.91 Å². The Morgan fingerprint density at radius 2 is 2.16 bits per heavy atom. The molecule has 1 amide bonds. The Bertz CT molecular complexity index is 504. The molecule has 1 aromatic carbocycles. The lowest BCUT2D eigenvalue weighted by molar-refractivity contribution is -0.122. The van der Waals surface area contributed by atoms with Crippen molar-refractivity contribution in [1.29, 1.82) is 0 Å². The van der Waals surface area contributed by atoms with Gasteiger partial charge in [-0.3, -0.25) is 9.69 Å². The monoisotopic (exact) mass is 258 g/mol. The molecule has 1 aromatic rings. The van der Waals surface area contributed by atoms with E-state index in [1.54, 1.807) is 0 Å². The van der Waals surface area contributed by atoms with Gasteiger partial charge in [-0.05, 0) is 31.0 Å². The highest BCUT2D eigenvalue weighted by Crippen LogP contribution is 2.29. The van der Waals surface area contributed by atoms with Crippen molar-refractivity contribution in [3.63, 3.8) is 0 Å². The lowest BCUT2D eigenvalue weighted by Crippen LogP contribution is -2.41. The number of carbonyl (C=O) groups excluding carboxylic acids is 1. The van der Waals surface area contributed by atoms with E-state index >= 15 is 0 Å². The van der Waals surface area contributed by atoms with E-state index < -0.39 is 12.1 Å². The number of nitrogens with zero attached hydrogens (tertiary/aromatic N) is 1. The molecule has 2 rings (SSSR count). The number of β-amino-alcohol motifs (C(OH)–C–C–N with tert-alkyl or cyclic N) is 1. The van der Waals surface area contributed by atoms with Crippen molar-refractivity contribution >= 4 is 5.91 Å². The number of primary amides is 1. The molecule has 0 bridgehead atoms. The molecule has 19 heavy (non-hydrogen) atoms. The molecule has 4 heteroatoms. The standard InChI is InChI=1S/C15H18N2O2/c1-3-11-4-6-12(7-5-11)10(2)17-9-13(18)8-14(17)15(16)19/h1,4-7,10,13-14,18H,8-9H2,2H3,(H2,16,19)/t10-,13?,14?/m0/s1. The number of hydrogen-bond acceptors (Lipinski definition) is 3. The van der Waals surface area contributed by atoms with Gasteiger partial charge in [0, 0.05) is 18.2 Å². The van der Waals surface area contributed by atoms with Crippen molar-refractivity contribution in [3.05, 3.63) is 35.4 Å². The quantitative estimate of drug-likeness (QED) is 0.782. The van der Waals surface area contributed by atoms with Crippen LogP contribution in [-0.2, 0) is 4.79 Å². The van der Waals surface area contributed by atoms with Crippen LogP contribution in [0.5, 0.6) is 0 Å². The van der Waals surface area contributed by atoms with Gasteiger partial charge in [-0.2, -0.15) is 0 Å². The van der Waals surface area contributed by atoms with Gasteiger partial charge in [0.25, 0.3) is 0 Å². The van der Waals surface area contributed by atoms with Gasteiger partial charge in [-0.1, -0.05) is 18.1 Å². The highest BCUT2D eigenvalue weighted by atomic mass is 16.3. The summed E-state index contributed by atoms with van der Waals surface area (Å²) >= 11 is 0. The van der Waals surface area contributed by atoms with E-state index in [-0.39, 0.29) is 11.9 Å². The number of terminal acetylenes is 1. The van der Waals surface area contributed by atoms with E-state index in [1.807, 2.05) is 36.1 Å². The molecule has 1 heterocycles. The number of likely N-dealkylation sites (tertiary alicyclic amines) is 1. The van der Waals surface area contributed by atoms with Crippen LogP contribution in [0.3, 0.4) is 0 Å². The summed E-state index contributed by atoms with van der Waals surface area (Å²) in [7, 11) is 0. The molecule has 0 saturated carbocycles. The van der Waals surface area contributed by atoms with E-state index in [2.05, 4.69) is 5.92 Å². The van der Waals surface area contributed by atoms with Gasteiger partial charge in [-0.15, -0.1) is 6.42 Å². The Balaban J connectivity index is 2.20. The smallest absolute Gasteiger partial charge is 0.234 e. The van der Waals surface area contributed by atoms with Crippen molar-refractivity contribution in [2.24, 2.45) is 5.73 Å². The zero-order valence-electron chi connectivity index (χ0n) is 10.9. The number of carbonyl (C=O) groups is 1. The molecular formula is C15H18N2O2. The van der Waals surface area contributed by atoms with Crippen LogP contribution in [0.25, 0.3) is 0 Å². The molecule has 3 N–H and O–H groups in total. The van der Waals surface area contributed by atoms with E-state index in [0.717, 1.165) is 11.1 Å². The minimum atomic E-state index is -0.495. The van der Waals surface area contributed by atoms with Gasteiger partial charge in [0.15, 0.2) is 0 Å². The Labute approximate surface area is 113 Å². The lowest BCUT2D eigenvalue weighted by atomic mass is 10.0. The summed E-state index contributed by atoms with van der Waals surface area (Å²) in [4.78, 5) is 13.4. The average Bonchev–Trinajstić information content (AvgIpc) is 2.80. The molecule has 1 aliphatic heterocycles. The Kier molecular flexibility index (Phi) is 3.89. The van der Waals surface area contributed by atoms with Crippen LogP contribution in [-0.4, -0.2) is 34.6 Å². The predicted molar refractivity (Wildman–Crippen MR) is 73.1 cm³/mol. The predicted octanol–water partition coefficient (Wildman–Crippen LogP) is 0.649. The number of aliphatic hydroxyl groups is 1. The Morgan fingerprint density at radius 3 is 2.68 bits per heavy atom. The zero-order valence-corrected chi connectivity index (χ0v) is 10.9. The zero-order chi connectivity index (χ0) is 14.0. The van der Waals surface area contributed by atoms with Crippen LogP contribution >= 0.6 is 0 Å². The fraction of sp³-hybridized carbons (Fsp3) is 0.400. The molecule has 100 valence electrons. The second-order valence-electron chi connectivity index (χ2n) is 4.95. The molecular weight excluding hydrogens is 240 g/mol. The van der Waals surface area contributed by atoms with Crippen molar-refractivity contribution < 1.29 is 9.90 Å². The second-order valence-corrected chi connectivity index (χ2v) is 4.95. The maximum Gasteiger partial charge on any atom is 0.234 e. The topological polar surface area (TPSA) is 66.6 Å². The molecule has 0 aliphatic carbocycles. The minimum Gasteiger partial charge on any atom is -0.392 e. The number of hydrogen-bond donors (Lipinski definition) is 2. The fourth-order valence-electron chi connectivity index (χ4n) is 2.60. The van der Waals surface area contributed by atoms with Crippen molar-refractivity contribution in [3.8, 4) is 12.3 Å². The second kappa shape index (κ2) is 5.43. The highest BCUT2D eigenvalue weighted by molar-refractivity contribution is 5.80. The molecule has 1 fully saturated rings. The largest absolute Gasteiger partial charge is 0.392 e. The summed E-state index contributed by atoms with van der Waals surface area (Å²) in [6, 6.07) is 7.25. The molecule has 1 aliphatic rings. The third-order valence-corrected chi connectivity index (χ3v) is 3.70. The van der Waals surface area contributed by atoms with E-state index in [4.69, 9.17) is 12.2 Å². The van der Waals surface area contributed by atoms with Crippen LogP contribution in [0.15, 0.2) is 24.3 Å². The summed E-state index contributed by atoms with van der Waals surface area (Å²) in [5.74, 6) is 2.18. The number of amides is 1. The van der Waals surface area contributed by atoms with E-state index in [1.165, 1.54) is 0 Å². The molecule has 4 nitrogen and oxygen atoms in total. The first-order chi connectivity index (χ1) is 9.02. The maximum atomic E-state index is 11.4. The summed E-state index contributed by atoms with van der Waals surface area (Å²) < 4.78 is 0. The SMILES string of the molecule is C#Cc1ccc([C@H](C)N2CC(O)CC2C(N)=O)cc1. The molecule has 1 saturated heterocycles. The maximum absolute atomic E-state index is 11.4. The summed E-state index contributed by atoms with van der Waals surface area (Å²) in [6.07, 6.45) is 5.23. The van der Waals surface area contributed by atoms with Crippen LogP contribution in [0.2, 0.25) is 0 Å². The molecule has 3 atom stereocenters. The fourth-order valence-corrected chi connectivity index (χ4v) is 2.60. The van der Waals surface area contributed by atoms with E-state index in [0.29, 0.717) is 13.0 Å². The van der Waals surface area contributed by atoms with Crippen LogP contribution < -0.4 is 5.73 Å². The van der Waals surface area contributed by atoms with Crippen LogP contribution in [0.4, 0.5) is 0 Å². The number of aliphatic hydroxyl groups excluding tert-OH is 1. The lowest BCUT2D eigenvalue weighted by Gasteiger charge is -2.29. The minimum absolute atomic E-state index is 0.0153. The first-order valence-corrected chi connectivity index (χ1v) is 6.32. The third kappa shape index (κ3) is 2.78. The third-order valence-electron chi connectivity index (χ3n) is 3.70. The number of rotatable bonds is 3. The van der Waals surface area contributed by atoms with Crippen LogP contribution in [0.1, 0.15) is 30.5 Å². The molecule has 0 aromatic heterocycles. The first-order valence-electron chi connectivity index (χ1n) is 6.32. The first kappa shape index (κ1) is 13.6. The highest BCUT2D eigenvalue weighted by Gasteiger charge is 2.37. The van der Waals surface area contributed by atoms with Gasteiger partial charge >= 0.3 is 0 Å². The number of benzene rings is 1. The molecule has 0 radical (unpaired) electrons. The van der Waals surface area contributed by atoms with E-state index in [9.17, 15) is 9.90 Å². The van der Waals surface area contributed by atoms with Gasteiger partial charge in [-0.25, -0.2) is 0 Å². The van der Waals surface area contributed by atoms with Gasteiger partial charge < -0.3 is 10.8 Å². The number of nitrogens with two attached hydrogens (primary N) is 1. The Morgan fingerprint density at radius 1 is 1.53 bits per heavy atom. The summed E-state index contributed by atoms with van der Waals surface area (Å²) in [5, 5.41) is 9.72. The molecule has 2 unspecified atom stereocenters. The van der Waals surface area contributed by atoms with Crippen molar-refractivity contribution in [1.82, 2.24) is 4.90 Å². The van der Waals surface area contributed by atoms with Gasteiger partial charge in [0.1, 0.15) is 0 Å². The summed E-state index contributed by atoms with van der Waals surface area (Å²) in [5.41, 5.74) is 7.27. The normalized spacial score (nSPS) is 24.9. The van der Waals surface area contributed by atoms with Crippen LogP contribution in [0, 0.1) is 12.3 Å². The van der Waals surface area contributed by atoms with Crippen molar-refractivity contribution in [2.45, 2.75) is 31.5 Å². The Hall–Kier alpha value is -1.83. The van der Waals surface area contributed by atoms with Gasteiger partial charge in [0.05, 0.1) is 12.1 Å².